The average molecular weight is 304 g/mol. The van der Waals surface area contributed by atoms with E-state index in [0.717, 1.165) is 0 Å². The van der Waals surface area contributed by atoms with Crippen LogP contribution < -0.4 is 0 Å². The molecule has 0 N–H and O–H groups in total. The third-order valence-corrected chi connectivity index (χ3v) is 5.08. The highest BCUT2D eigenvalue weighted by Gasteiger charge is 2.37. The lowest BCUT2D eigenvalue weighted by atomic mass is 10.4. The van der Waals surface area contributed by atoms with E-state index in [2.05, 4.69) is 17.8 Å². The summed E-state index contributed by atoms with van der Waals surface area (Å²) in [5.41, 5.74) is 0. The molecule has 18 heavy (non-hydrogen) atoms. The maximum Gasteiger partial charge on any atom is 0.339 e. The van der Waals surface area contributed by atoms with Gasteiger partial charge in [0.25, 0.3) is 20.2 Å². The first-order valence-electron chi connectivity index (χ1n) is 4.69. The van der Waals surface area contributed by atoms with Crippen molar-refractivity contribution >= 4 is 26.2 Å². The van der Waals surface area contributed by atoms with Gasteiger partial charge in [0.1, 0.15) is 13.2 Å². The van der Waals surface area contributed by atoms with Gasteiger partial charge in [0.2, 0.25) is 5.08 Å². The normalized spacial score (nSPS) is 26.2. The second-order valence-electron chi connectivity index (χ2n) is 3.26. The van der Waals surface area contributed by atoms with Crippen LogP contribution in [0.15, 0.2) is 0 Å². The van der Waals surface area contributed by atoms with Crippen molar-refractivity contribution in [2.24, 2.45) is 0 Å². The Balaban J connectivity index is 2.70. The molecule has 0 aromatic rings. The van der Waals surface area contributed by atoms with Crippen LogP contribution in [-0.4, -0.2) is 60.9 Å². The van der Waals surface area contributed by atoms with Gasteiger partial charge >= 0.3 is 5.97 Å². The van der Waals surface area contributed by atoms with E-state index in [9.17, 15) is 21.6 Å². The van der Waals surface area contributed by atoms with Crippen LogP contribution in [0, 0.1) is 0 Å². The Morgan fingerprint density at radius 3 is 2.50 bits per heavy atom. The van der Waals surface area contributed by atoms with E-state index in [4.69, 9.17) is 0 Å². The number of esters is 1. The van der Waals surface area contributed by atoms with Gasteiger partial charge in [-0.3, -0.25) is 8.37 Å². The van der Waals surface area contributed by atoms with E-state index >= 15 is 0 Å². The fourth-order valence-corrected chi connectivity index (χ4v) is 3.76. The SMILES string of the molecule is COCCOC(=O)C1COS(=O)(=O)CS(=O)(=O)O1. The summed E-state index contributed by atoms with van der Waals surface area (Å²) in [7, 11) is -7.28. The molecule has 1 rings (SSSR count). The second-order valence-corrected chi connectivity index (χ2v) is 6.86. The van der Waals surface area contributed by atoms with Crippen LogP contribution in [-0.2, 0) is 42.9 Å². The van der Waals surface area contributed by atoms with Gasteiger partial charge < -0.3 is 9.47 Å². The van der Waals surface area contributed by atoms with Crippen LogP contribution in [0.25, 0.3) is 0 Å². The van der Waals surface area contributed by atoms with E-state index in [1.807, 2.05) is 0 Å². The van der Waals surface area contributed by atoms with E-state index in [1.165, 1.54) is 7.11 Å². The number of methoxy groups -OCH3 is 1. The van der Waals surface area contributed by atoms with Crippen LogP contribution in [0.5, 0.6) is 0 Å². The highest BCUT2D eigenvalue weighted by molar-refractivity contribution is 8.03. The van der Waals surface area contributed by atoms with Crippen molar-refractivity contribution < 1.29 is 39.5 Å². The Bertz CT molecular complexity index is 491. The molecular formula is C7H12O9S2. The lowest BCUT2D eigenvalue weighted by molar-refractivity contribution is -0.154. The molecular weight excluding hydrogens is 292 g/mol. The summed E-state index contributed by atoms with van der Waals surface area (Å²) in [5, 5.41) is -1.33. The van der Waals surface area contributed by atoms with Crippen molar-refractivity contribution in [1.29, 1.82) is 0 Å². The molecule has 1 fully saturated rings. The van der Waals surface area contributed by atoms with Crippen molar-refractivity contribution in [3.05, 3.63) is 0 Å². The van der Waals surface area contributed by atoms with E-state index in [0.29, 0.717) is 0 Å². The lowest BCUT2D eigenvalue weighted by Crippen LogP contribution is -2.32. The van der Waals surface area contributed by atoms with E-state index in [1.54, 1.807) is 0 Å². The minimum absolute atomic E-state index is 0.109. The first-order valence-corrected chi connectivity index (χ1v) is 7.85. The Morgan fingerprint density at radius 1 is 1.22 bits per heavy atom. The zero-order valence-electron chi connectivity index (χ0n) is 9.40. The Kier molecular flexibility index (Phi) is 5.04. The molecule has 1 heterocycles. The molecule has 0 saturated carbocycles. The Labute approximate surface area is 104 Å². The molecule has 1 saturated heterocycles. The number of carbonyl (C=O) groups excluding carboxylic acids is 1. The van der Waals surface area contributed by atoms with Crippen molar-refractivity contribution in [1.82, 2.24) is 0 Å². The fourth-order valence-electron chi connectivity index (χ4n) is 1.03. The molecule has 0 radical (unpaired) electrons. The lowest BCUT2D eigenvalue weighted by Gasteiger charge is -2.11. The van der Waals surface area contributed by atoms with Crippen LogP contribution >= 0.6 is 0 Å². The summed E-state index contributed by atoms with van der Waals surface area (Å²) in [6.07, 6.45) is -1.64. The maximum atomic E-state index is 11.4. The monoisotopic (exact) mass is 304 g/mol. The van der Waals surface area contributed by atoms with Crippen LogP contribution in [0.4, 0.5) is 0 Å². The molecule has 11 heteroatoms. The standard InChI is InChI=1S/C7H12O9S2/c1-13-2-3-14-7(8)6-4-15-17(9,10)5-18(11,12)16-6/h6H,2-5H2,1H3. The highest BCUT2D eigenvalue weighted by atomic mass is 32.3. The molecule has 0 aromatic carbocycles. The molecule has 0 aliphatic carbocycles. The molecule has 1 aliphatic heterocycles. The van der Waals surface area contributed by atoms with Gasteiger partial charge in [-0.25, -0.2) is 4.79 Å². The molecule has 1 aliphatic rings. The van der Waals surface area contributed by atoms with Gasteiger partial charge in [0.05, 0.1) is 6.61 Å². The average Bonchev–Trinajstić information content (AvgIpc) is 2.33. The van der Waals surface area contributed by atoms with Crippen LogP contribution in [0.3, 0.4) is 0 Å². The number of carbonyl (C=O) groups is 1. The van der Waals surface area contributed by atoms with Crippen molar-refractivity contribution in [2.45, 2.75) is 6.10 Å². The molecule has 1 unspecified atom stereocenters. The van der Waals surface area contributed by atoms with Gasteiger partial charge in [0, 0.05) is 7.11 Å². The van der Waals surface area contributed by atoms with E-state index in [-0.39, 0.29) is 13.2 Å². The summed E-state index contributed by atoms with van der Waals surface area (Å²) < 4.78 is 62.5. The van der Waals surface area contributed by atoms with Gasteiger partial charge in [-0.2, -0.15) is 16.8 Å². The maximum absolute atomic E-state index is 11.4. The van der Waals surface area contributed by atoms with Crippen LogP contribution in [0.1, 0.15) is 0 Å². The van der Waals surface area contributed by atoms with Crippen LogP contribution in [0.2, 0.25) is 0 Å². The molecule has 0 spiro atoms. The summed E-state index contributed by atoms with van der Waals surface area (Å²) in [4.78, 5) is 11.4. The van der Waals surface area contributed by atoms with Gasteiger partial charge in [0.15, 0.2) is 6.10 Å². The predicted molar refractivity (Wildman–Crippen MR) is 56.4 cm³/mol. The molecule has 0 amide bonds. The Hall–Kier alpha value is -0.750. The minimum Gasteiger partial charge on any atom is -0.461 e. The summed E-state index contributed by atoms with van der Waals surface area (Å²) in [5.74, 6) is -1.03. The topological polar surface area (TPSA) is 122 Å². The summed E-state index contributed by atoms with van der Waals surface area (Å²) >= 11 is 0. The third-order valence-electron chi connectivity index (χ3n) is 1.75. The summed E-state index contributed by atoms with van der Waals surface area (Å²) in [6, 6.07) is 0. The van der Waals surface area contributed by atoms with Gasteiger partial charge in [-0.1, -0.05) is 0 Å². The second kappa shape index (κ2) is 5.93. The molecule has 0 bridgehead atoms. The molecule has 106 valence electrons. The van der Waals surface area contributed by atoms with Crippen molar-refractivity contribution in [3.8, 4) is 0 Å². The molecule has 0 aromatic heterocycles. The van der Waals surface area contributed by atoms with Gasteiger partial charge in [-0.05, 0) is 0 Å². The van der Waals surface area contributed by atoms with Gasteiger partial charge in [-0.15, -0.1) is 0 Å². The zero-order valence-corrected chi connectivity index (χ0v) is 11.0. The van der Waals surface area contributed by atoms with Crippen molar-refractivity contribution in [2.75, 3.05) is 32.0 Å². The number of hydrogen-bond donors (Lipinski definition) is 0. The predicted octanol–water partition coefficient (Wildman–Crippen LogP) is -1.79. The smallest absolute Gasteiger partial charge is 0.339 e. The number of ether oxygens (including phenoxy) is 2. The largest absolute Gasteiger partial charge is 0.461 e. The van der Waals surface area contributed by atoms with Crippen molar-refractivity contribution in [3.63, 3.8) is 0 Å². The minimum atomic E-state index is -4.40. The number of hydrogen-bond acceptors (Lipinski definition) is 9. The zero-order chi connectivity index (χ0) is 13.8. The highest BCUT2D eigenvalue weighted by Crippen LogP contribution is 2.13. The Morgan fingerprint density at radius 2 is 1.89 bits per heavy atom. The summed E-state index contributed by atoms with van der Waals surface area (Å²) in [6.45, 7) is -0.736. The number of rotatable bonds is 4. The quantitative estimate of drug-likeness (QED) is 0.336. The fraction of sp³-hybridized carbons (Fsp3) is 0.857. The third kappa shape index (κ3) is 4.86. The molecule has 1 atom stereocenters. The molecule has 9 nitrogen and oxygen atoms in total. The van der Waals surface area contributed by atoms with E-state index < -0.39 is 44.0 Å². The first-order chi connectivity index (χ1) is 8.26. The first kappa shape index (κ1) is 15.3.